The van der Waals surface area contributed by atoms with E-state index in [1.165, 1.54) is 49.7 Å². The molecule has 0 saturated heterocycles. The molecular formula is C16H23NO. The molecule has 2 heteroatoms. The lowest BCUT2D eigenvalue weighted by Gasteiger charge is -2.27. The summed E-state index contributed by atoms with van der Waals surface area (Å²) in [5.74, 6) is 1.86. The number of rotatable bonds is 4. The predicted molar refractivity (Wildman–Crippen MR) is 74.0 cm³/mol. The first-order valence-corrected chi connectivity index (χ1v) is 7.29. The Labute approximate surface area is 110 Å². The summed E-state index contributed by atoms with van der Waals surface area (Å²) in [6.07, 6.45) is 7.85. The average molecular weight is 245 g/mol. The summed E-state index contributed by atoms with van der Waals surface area (Å²) in [6.45, 7) is 0.906. The number of hydrogen-bond donors (Lipinski definition) is 1. The van der Waals surface area contributed by atoms with Gasteiger partial charge in [-0.2, -0.15) is 0 Å². The number of fused-ring (bicyclic) bond motifs is 1. The van der Waals surface area contributed by atoms with Crippen molar-refractivity contribution in [1.29, 1.82) is 0 Å². The Bertz CT molecular complexity index is 412. The van der Waals surface area contributed by atoms with Gasteiger partial charge in [0.2, 0.25) is 0 Å². The quantitative estimate of drug-likeness (QED) is 0.877. The van der Waals surface area contributed by atoms with E-state index in [2.05, 4.69) is 30.6 Å². The third-order valence-electron chi connectivity index (χ3n) is 4.49. The second kappa shape index (κ2) is 5.31. The molecule has 0 aromatic heterocycles. The standard InChI is InChI=1S/C16H23NO/c1-17-16-7-3-6-13-8-9-14(10-15(13)16)18-11-12-4-2-5-12/h8-10,12,16-17H,2-7,11H2,1H3. The first-order chi connectivity index (χ1) is 8.86. The maximum atomic E-state index is 5.94. The molecule has 1 atom stereocenters. The van der Waals surface area contributed by atoms with Crippen molar-refractivity contribution in [2.24, 2.45) is 5.92 Å². The normalized spacial score (nSPS) is 23.3. The lowest BCUT2D eigenvalue weighted by molar-refractivity contribution is 0.180. The summed E-state index contributed by atoms with van der Waals surface area (Å²) in [4.78, 5) is 0. The van der Waals surface area contributed by atoms with Crippen LogP contribution < -0.4 is 10.1 Å². The highest BCUT2D eigenvalue weighted by molar-refractivity contribution is 5.39. The van der Waals surface area contributed by atoms with E-state index in [0.717, 1.165) is 18.3 Å². The summed E-state index contributed by atoms with van der Waals surface area (Å²) in [7, 11) is 2.06. The Kier molecular flexibility index (Phi) is 3.55. The molecule has 0 heterocycles. The largest absolute Gasteiger partial charge is 0.493 e. The molecular weight excluding hydrogens is 222 g/mol. The zero-order valence-electron chi connectivity index (χ0n) is 11.2. The second-order valence-corrected chi connectivity index (χ2v) is 5.70. The lowest BCUT2D eigenvalue weighted by atomic mass is 9.86. The number of benzene rings is 1. The van der Waals surface area contributed by atoms with Gasteiger partial charge >= 0.3 is 0 Å². The van der Waals surface area contributed by atoms with Crippen LogP contribution in [0.2, 0.25) is 0 Å². The minimum absolute atomic E-state index is 0.515. The third-order valence-corrected chi connectivity index (χ3v) is 4.49. The summed E-state index contributed by atoms with van der Waals surface area (Å²) in [5.41, 5.74) is 2.95. The number of ether oxygens (including phenoxy) is 1. The minimum Gasteiger partial charge on any atom is -0.493 e. The molecule has 0 spiro atoms. The van der Waals surface area contributed by atoms with Crippen LogP contribution in [0.15, 0.2) is 18.2 Å². The Morgan fingerprint density at radius 1 is 1.22 bits per heavy atom. The van der Waals surface area contributed by atoms with Gasteiger partial charge in [-0.15, -0.1) is 0 Å². The van der Waals surface area contributed by atoms with E-state index in [1.807, 2.05) is 0 Å². The highest BCUT2D eigenvalue weighted by Crippen LogP contribution is 2.33. The maximum Gasteiger partial charge on any atom is 0.119 e. The van der Waals surface area contributed by atoms with Crippen LogP contribution in [0.25, 0.3) is 0 Å². The van der Waals surface area contributed by atoms with Gasteiger partial charge in [-0.05, 0) is 68.3 Å². The first-order valence-electron chi connectivity index (χ1n) is 7.29. The van der Waals surface area contributed by atoms with Gasteiger partial charge in [-0.25, -0.2) is 0 Å². The number of hydrogen-bond acceptors (Lipinski definition) is 2. The molecule has 0 aliphatic heterocycles. The topological polar surface area (TPSA) is 21.3 Å². The Morgan fingerprint density at radius 2 is 2.11 bits per heavy atom. The van der Waals surface area contributed by atoms with Gasteiger partial charge in [0.25, 0.3) is 0 Å². The molecule has 1 saturated carbocycles. The van der Waals surface area contributed by atoms with Gasteiger partial charge in [-0.3, -0.25) is 0 Å². The monoisotopic (exact) mass is 245 g/mol. The highest BCUT2D eigenvalue weighted by atomic mass is 16.5. The van der Waals surface area contributed by atoms with Crippen LogP contribution in [0.5, 0.6) is 5.75 Å². The van der Waals surface area contributed by atoms with Gasteiger partial charge in [0.1, 0.15) is 5.75 Å². The molecule has 3 rings (SSSR count). The van der Waals surface area contributed by atoms with Crippen molar-refractivity contribution in [3.8, 4) is 5.75 Å². The van der Waals surface area contributed by atoms with Crippen LogP contribution in [0.4, 0.5) is 0 Å². The van der Waals surface area contributed by atoms with Crippen LogP contribution in [-0.2, 0) is 6.42 Å². The van der Waals surface area contributed by atoms with Gasteiger partial charge in [0, 0.05) is 6.04 Å². The zero-order valence-corrected chi connectivity index (χ0v) is 11.2. The van der Waals surface area contributed by atoms with Crippen LogP contribution in [-0.4, -0.2) is 13.7 Å². The molecule has 2 aliphatic carbocycles. The van der Waals surface area contributed by atoms with E-state index in [1.54, 1.807) is 0 Å². The highest BCUT2D eigenvalue weighted by Gasteiger charge is 2.20. The maximum absolute atomic E-state index is 5.94. The van der Waals surface area contributed by atoms with Crippen molar-refractivity contribution in [3.63, 3.8) is 0 Å². The van der Waals surface area contributed by atoms with Crippen LogP contribution in [0.3, 0.4) is 0 Å². The molecule has 1 unspecified atom stereocenters. The molecule has 98 valence electrons. The van der Waals surface area contributed by atoms with Crippen LogP contribution in [0, 0.1) is 5.92 Å². The predicted octanol–water partition coefficient (Wildman–Crippen LogP) is 3.46. The van der Waals surface area contributed by atoms with E-state index in [4.69, 9.17) is 4.74 Å². The first kappa shape index (κ1) is 12.0. The van der Waals surface area contributed by atoms with Crippen molar-refractivity contribution in [3.05, 3.63) is 29.3 Å². The van der Waals surface area contributed by atoms with Crippen LogP contribution >= 0.6 is 0 Å². The molecule has 1 aromatic carbocycles. The van der Waals surface area contributed by atoms with E-state index in [0.29, 0.717) is 6.04 Å². The summed E-state index contributed by atoms with van der Waals surface area (Å²) in [5, 5.41) is 3.42. The Morgan fingerprint density at radius 3 is 2.83 bits per heavy atom. The van der Waals surface area contributed by atoms with E-state index in [9.17, 15) is 0 Å². The molecule has 0 radical (unpaired) electrons. The smallest absolute Gasteiger partial charge is 0.119 e. The van der Waals surface area contributed by atoms with E-state index >= 15 is 0 Å². The van der Waals surface area contributed by atoms with Gasteiger partial charge in [-0.1, -0.05) is 12.5 Å². The van der Waals surface area contributed by atoms with Crippen molar-refractivity contribution in [2.45, 2.75) is 44.6 Å². The Balaban J connectivity index is 1.71. The van der Waals surface area contributed by atoms with Gasteiger partial charge < -0.3 is 10.1 Å². The summed E-state index contributed by atoms with van der Waals surface area (Å²) >= 11 is 0. The number of aryl methyl sites for hydroxylation is 1. The molecule has 18 heavy (non-hydrogen) atoms. The zero-order chi connectivity index (χ0) is 12.4. The van der Waals surface area contributed by atoms with E-state index in [-0.39, 0.29) is 0 Å². The fraction of sp³-hybridized carbons (Fsp3) is 0.625. The molecule has 0 bridgehead atoms. The van der Waals surface area contributed by atoms with Gasteiger partial charge in [0.15, 0.2) is 0 Å². The fourth-order valence-electron chi connectivity index (χ4n) is 3.04. The number of nitrogens with one attached hydrogen (secondary N) is 1. The van der Waals surface area contributed by atoms with E-state index < -0.39 is 0 Å². The average Bonchev–Trinajstić information content (AvgIpc) is 2.36. The molecule has 1 fully saturated rings. The van der Waals surface area contributed by atoms with Crippen molar-refractivity contribution in [1.82, 2.24) is 5.32 Å². The van der Waals surface area contributed by atoms with Crippen molar-refractivity contribution < 1.29 is 4.74 Å². The minimum atomic E-state index is 0.515. The molecule has 1 aromatic rings. The third kappa shape index (κ3) is 2.39. The van der Waals surface area contributed by atoms with Crippen molar-refractivity contribution >= 4 is 0 Å². The summed E-state index contributed by atoms with van der Waals surface area (Å²) in [6, 6.07) is 7.18. The van der Waals surface area contributed by atoms with Crippen LogP contribution in [0.1, 0.15) is 49.3 Å². The Hall–Kier alpha value is -1.02. The molecule has 2 aliphatic rings. The SMILES string of the molecule is CNC1CCCc2ccc(OCC3CCC3)cc21. The van der Waals surface area contributed by atoms with Crippen molar-refractivity contribution in [2.75, 3.05) is 13.7 Å². The fourth-order valence-corrected chi connectivity index (χ4v) is 3.04. The molecule has 2 nitrogen and oxygen atoms in total. The second-order valence-electron chi connectivity index (χ2n) is 5.70. The molecule has 1 N–H and O–H groups in total. The summed E-state index contributed by atoms with van der Waals surface area (Å²) < 4.78 is 5.94. The van der Waals surface area contributed by atoms with Gasteiger partial charge in [0.05, 0.1) is 6.61 Å². The molecule has 0 amide bonds. The lowest BCUT2D eigenvalue weighted by Crippen LogP contribution is -2.22.